The largest absolute Gasteiger partial charge is 0.497 e. The summed E-state index contributed by atoms with van der Waals surface area (Å²) >= 11 is 0. The van der Waals surface area contributed by atoms with Crippen LogP contribution in [0.1, 0.15) is 31.4 Å². The van der Waals surface area contributed by atoms with Crippen molar-refractivity contribution in [2.45, 2.75) is 25.8 Å². The molecular weight excluding hydrogens is 226 g/mol. The van der Waals surface area contributed by atoms with Crippen LogP contribution in [-0.2, 0) is 0 Å². The number of nitrogens with one attached hydrogen (secondary N) is 1. The normalized spacial score (nSPS) is 11.9. The molecule has 0 fully saturated rings. The molecule has 0 saturated heterocycles. The Hall–Kier alpha value is -1.48. The van der Waals surface area contributed by atoms with E-state index in [1.54, 1.807) is 14.2 Å². The van der Waals surface area contributed by atoms with Crippen molar-refractivity contribution in [1.29, 1.82) is 0 Å². The zero-order valence-electron chi connectivity index (χ0n) is 11.5. The third-order valence-electron chi connectivity index (χ3n) is 2.93. The van der Waals surface area contributed by atoms with Crippen LogP contribution in [0.3, 0.4) is 0 Å². The molecule has 1 atom stereocenters. The minimum absolute atomic E-state index is 0.286. The van der Waals surface area contributed by atoms with E-state index in [-0.39, 0.29) is 6.04 Å². The number of ether oxygens (including phenoxy) is 2. The SMILES string of the molecule is C=CCCC(NCC)c1ccc(OC)cc1OC. The third-order valence-corrected chi connectivity index (χ3v) is 2.93. The molecule has 1 aromatic carbocycles. The van der Waals surface area contributed by atoms with E-state index in [1.807, 2.05) is 18.2 Å². The van der Waals surface area contributed by atoms with E-state index in [9.17, 15) is 0 Å². The van der Waals surface area contributed by atoms with E-state index < -0.39 is 0 Å². The Labute approximate surface area is 110 Å². The maximum absolute atomic E-state index is 5.45. The predicted octanol–water partition coefficient (Wildman–Crippen LogP) is 3.32. The number of benzene rings is 1. The maximum atomic E-state index is 5.45. The third kappa shape index (κ3) is 3.77. The summed E-state index contributed by atoms with van der Waals surface area (Å²) in [6.07, 6.45) is 3.94. The van der Waals surface area contributed by atoms with Gasteiger partial charge in [-0.25, -0.2) is 0 Å². The first kappa shape index (κ1) is 14.6. The van der Waals surface area contributed by atoms with Gasteiger partial charge in [0.15, 0.2) is 0 Å². The van der Waals surface area contributed by atoms with E-state index in [1.165, 1.54) is 5.56 Å². The lowest BCUT2D eigenvalue weighted by atomic mass is 10.0. The molecule has 1 aromatic rings. The number of methoxy groups -OCH3 is 2. The van der Waals surface area contributed by atoms with Crippen LogP contribution in [0.25, 0.3) is 0 Å². The quantitative estimate of drug-likeness (QED) is 0.717. The van der Waals surface area contributed by atoms with Gasteiger partial charge in [-0.1, -0.05) is 19.1 Å². The van der Waals surface area contributed by atoms with Crippen LogP contribution in [-0.4, -0.2) is 20.8 Å². The van der Waals surface area contributed by atoms with Gasteiger partial charge in [0.25, 0.3) is 0 Å². The maximum Gasteiger partial charge on any atom is 0.127 e. The first-order valence-corrected chi connectivity index (χ1v) is 6.33. The molecule has 0 heterocycles. The predicted molar refractivity (Wildman–Crippen MR) is 75.4 cm³/mol. The smallest absolute Gasteiger partial charge is 0.127 e. The Balaban J connectivity index is 2.97. The minimum Gasteiger partial charge on any atom is -0.497 e. The fourth-order valence-corrected chi connectivity index (χ4v) is 2.00. The molecule has 0 saturated carbocycles. The van der Waals surface area contributed by atoms with Gasteiger partial charge in [0.05, 0.1) is 14.2 Å². The molecule has 0 bridgehead atoms. The van der Waals surface area contributed by atoms with Crippen molar-refractivity contribution in [3.63, 3.8) is 0 Å². The summed E-state index contributed by atoms with van der Waals surface area (Å²) in [6.45, 7) is 6.81. The molecule has 0 aliphatic heterocycles. The Morgan fingerprint density at radius 3 is 2.67 bits per heavy atom. The molecule has 1 unspecified atom stereocenters. The zero-order valence-corrected chi connectivity index (χ0v) is 11.5. The first-order chi connectivity index (χ1) is 8.76. The summed E-state index contributed by atoms with van der Waals surface area (Å²) in [4.78, 5) is 0. The van der Waals surface area contributed by atoms with Crippen LogP contribution in [0.2, 0.25) is 0 Å². The van der Waals surface area contributed by atoms with Gasteiger partial charge in [0.2, 0.25) is 0 Å². The number of hydrogen-bond donors (Lipinski definition) is 1. The molecule has 0 amide bonds. The Bertz CT molecular complexity index is 377. The molecule has 0 spiro atoms. The molecule has 0 radical (unpaired) electrons. The lowest BCUT2D eigenvalue weighted by molar-refractivity contribution is 0.382. The molecular formula is C15H23NO2. The molecule has 0 aliphatic carbocycles. The summed E-state index contributed by atoms with van der Waals surface area (Å²) in [5.41, 5.74) is 1.17. The molecule has 3 nitrogen and oxygen atoms in total. The summed E-state index contributed by atoms with van der Waals surface area (Å²) in [7, 11) is 3.35. The van der Waals surface area contributed by atoms with E-state index in [0.29, 0.717) is 0 Å². The highest BCUT2D eigenvalue weighted by molar-refractivity contribution is 5.42. The second kappa shape index (κ2) is 7.77. The highest BCUT2D eigenvalue weighted by atomic mass is 16.5. The topological polar surface area (TPSA) is 30.5 Å². The summed E-state index contributed by atoms with van der Waals surface area (Å²) < 4.78 is 10.7. The average Bonchev–Trinajstić information content (AvgIpc) is 2.42. The van der Waals surface area contributed by atoms with Gasteiger partial charge in [-0.05, 0) is 25.5 Å². The molecule has 0 aliphatic rings. The molecule has 0 aromatic heterocycles. The van der Waals surface area contributed by atoms with Gasteiger partial charge >= 0.3 is 0 Å². The highest BCUT2D eigenvalue weighted by Crippen LogP contribution is 2.31. The van der Waals surface area contributed by atoms with Gasteiger partial charge in [0.1, 0.15) is 11.5 Å². The van der Waals surface area contributed by atoms with Crippen LogP contribution in [0.5, 0.6) is 11.5 Å². The van der Waals surface area contributed by atoms with Crippen molar-refractivity contribution in [3.05, 3.63) is 36.4 Å². The first-order valence-electron chi connectivity index (χ1n) is 6.33. The van der Waals surface area contributed by atoms with Crippen LogP contribution in [0, 0.1) is 0 Å². The van der Waals surface area contributed by atoms with Crippen molar-refractivity contribution in [2.24, 2.45) is 0 Å². The van der Waals surface area contributed by atoms with Crippen molar-refractivity contribution in [2.75, 3.05) is 20.8 Å². The average molecular weight is 249 g/mol. The summed E-state index contributed by atoms with van der Waals surface area (Å²) in [5.74, 6) is 1.68. The van der Waals surface area contributed by atoms with Gasteiger partial charge in [-0.2, -0.15) is 0 Å². The van der Waals surface area contributed by atoms with Crippen molar-refractivity contribution < 1.29 is 9.47 Å². The minimum atomic E-state index is 0.286. The van der Waals surface area contributed by atoms with Crippen LogP contribution in [0.15, 0.2) is 30.9 Å². The molecule has 100 valence electrons. The summed E-state index contributed by atoms with van der Waals surface area (Å²) in [5, 5.41) is 3.48. The van der Waals surface area contributed by atoms with Crippen LogP contribution < -0.4 is 14.8 Å². The van der Waals surface area contributed by atoms with Crippen molar-refractivity contribution >= 4 is 0 Å². The molecule has 3 heteroatoms. The zero-order chi connectivity index (χ0) is 13.4. The van der Waals surface area contributed by atoms with Gasteiger partial charge in [0, 0.05) is 17.7 Å². The van der Waals surface area contributed by atoms with E-state index in [4.69, 9.17) is 9.47 Å². The lowest BCUT2D eigenvalue weighted by Crippen LogP contribution is -2.21. The van der Waals surface area contributed by atoms with Crippen molar-refractivity contribution in [1.82, 2.24) is 5.32 Å². The fraction of sp³-hybridized carbons (Fsp3) is 0.467. The Morgan fingerprint density at radius 1 is 1.33 bits per heavy atom. The Kier molecular flexibility index (Phi) is 6.29. The standard InChI is InChI=1S/C15H23NO2/c1-5-7-8-14(16-6-2)13-10-9-12(17-3)11-15(13)18-4/h5,9-11,14,16H,1,6-8H2,2-4H3. The van der Waals surface area contributed by atoms with E-state index in [0.717, 1.165) is 30.9 Å². The van der Waals surface area contributed by atoms with Crippen LogP contribution >= 0.6 is 0 Å². The molecule has 1 N–H and O–H groups in total. The van der Waals surface area contributed by atoms with Gasteiger partial charge in [-0.15, -0.1) is 6.58 Å². The van der Waals surface area contributed by atoms with Crippen LogP contribution in [0.4, 0.5) is 0 Å². The lowest BCUT2D eigenvalue weighted by Gasteiger charge is -2.20. The number of allylic oxidation sites excluding steroid dienone is 1. The monoisotopic (exact) mass is 249 g/mol. The second-order valence-corrected chi connectivity index (χ2v) is 4.08. The van der Waals surface area contributed by atoms with Gasteiger partial charge in [-0.3, -0.25) is 0 Å². The summed E-state index contributed by atoms with van der Waals surface area (Å²) in [6, 6.07) is 6.24. The number of rotatable bonds is 8. The fourth-order valence-electron chi connectivity index (χ4n) is 2.00. The molecule has 1 rings (SSSR count). The molecule has 18 heavy (non-hydrogen) atoms. The highest BCUT2D eigenvalue weighted by Gasteiger charge is 2.15. The second-order valence-electron chi connectivity index (χ2n) is 4.08. The van der Waals surface area contributed by atoms with Crippen molar-refractivity contribution in [3.8, 4) is 11.5 Å². The van der Waals surface area contributed by atoms with Gasteiger partial charge < -0.3 is 14.8 Å². The Morgan fingerprint density at radius 2 is 2.11 bits per heavy atom. The van der Waals surface area contributed by atoms with E-state index >= 15 is 0 Å². The number of hydrogen-bond acceptors (Lipinski definition) is 3. The van der Waals surface area contributed by atoms with E-state index in [2.05, 4.69) is 24.9 Å².